The van der Waals surface area contributed by atoms with Crippen LogP contribution < -0.4 is 16.0 Å². The number of aryl methyl sites for hydroxylation is 3. The minimum atomic E-state index is -0.606. The summed E-state index contributed by atoms with van der Waals surface area (Å²) in [6, 6.07) is 8.38. The highest BCUT2D eigenvalue weighted by molar-refractivity contribution is 8.14. The molecule has 0 saturated carbocycles. The fraction of sp³-hybridized carbons (Fsp3) is 0.250. The third-order valence-corrected chi connectivity index (χ3v) is 5.34. The molecule has 3 amide bonds. The van der Waals surface area contributed by atoms with Crippen molar-refractivity contribution in [3.05, 3.63) is 57.6 Å². The number of nitrogens with zero attached hydrogens (tertiary/aromatic N) is 1. The van der Waals surface area contributed by atoms with Crippen LogP contribution in [0.5, 0.6) is 0 Å². The molecule has 0 aliphatic rings. The van der Waals surface area contributed by atoms with E-state index in [1.54, 1.807) is 11.9 Å². The summed E-state index contributed by atoms with van der Waals surface area (Å²) in [5.74, 6) is -1.05. The quantitative estimate of drug-likeness (QED) is 0.755. The second kappa shape index (κ2) is 9.12. The van der Waals surface area contributed by atoms with E-state index in [1.165, 1.54) is 18.2 Å². The van der Waals surface area contributed by atoms with Gasteiger partial charge in [0, 0.05) is 18.3 Å². The molecule has 3 N–H and O–H groups in total. The van der Waals surface area contributed by atoms with Crippen LogP contribution in [0.3, 0.4) is 0 Å². The first-order valence-electron chi connectivity index (χ1n) is 8.47. The van der Waals surface area contributed by atoms with Crippen molar-refractivity contribution in [1.29, 1.82) is 0 Å². The summed E-state index contributed by atoms with van der Waals surface area (Å²) in [5, 5.41) is 2.59. The topological polar surface area (TPSA) is 92.5 Å². The monoisotopic (exact) mass is 419 g/mol. The first-order chi connectivity index (χ1) is 13.1. The SMILES string of the molecule is Cc1cc(C)c(N(C)C(=O)SCC(=O)Nc2ccc(C(N)=O)cc2Cl)c(C)c1. The lowest BCUT2D eigenvalue weighted by Crippen LogP contribution is -2.26. The second-order valence-corrected chi connectivity index (χ2v) is 7.80. The van der Waals surface area contributed by atoms with Crippen LogP contribution in [-0.4, -0.2) is 29.9 Å². The molecule has 2 rings (SSSR count). The molecule has 0 aliphatic carbocycles. The number of benzene rings is 2. The van der Waals surface area contributed by atoms with Gasteiger partial charge in [-0.05, 0) is 50.1 Å². The van der Waals surface area contributed by atoms with E-state index in [-0.39, 0.29) is 27.5 Å². The molecule has 0 atom stereocenters. The number of hydrogen-bond donors (Lipinski definition) is 2. The van der Waals surface area contributed by atoms with Crippen molar-refractivity contribution in [3.8, 4) is 0 Å². The van der Waals surface area contributed by atoms with Crippen LogP contribution in [0.25, 0.3) is 0 Å². The van der Waals surface area contributed by atoms with Crippen molar-refractivity contribution in [2.75, 3.05) is 23.0 Å². The highest BCUT2D eigenvalue weighted by Gasteiger charge is 2.18. The molecule has 8 heteroatoms. The van der Waals surface area contributed by atoms with Gasteiger partial charge in [0.2, 0.25) is 11.8 Å². The number of thioether (sulfide) groups is 1. The van der Waals surface area contributed by atoms with E-state index < -0.39 is 5.91 Å². The highest BCUT2D eigenvalue weighted by atomic mass is 35.5. The minimum absolute atomic E-state index is 0.0684. The van der Waals surface area contributed by atoms with Gasteiger partial charge in [-0.2, -0.15) is 0 Å². The maximum atomic E-state index is 12.5. The van der Waals surface area contributed by atoms with Crippen molar-refractivity contribution >= 4 is 51.8 Å². The lowest BCUT2D eigenvalue weighted by atomic mass is 10.0. The largest absolute Gasteiger partial charge is 0.366 e. The third-order valence-electron chi connectivity index (χ3n) is 4.10. The van der Waals surface area contributed by atoms with Crippen molar-refractivity contribution in [3.63, 3.8) is 0 Å². The van der Waals surface area contributed by atoms with Crippen molar-refractivity contribution < 1.29 is 14.4 Å². The summed E-state index contributed by atoms with van der Waals surface area (Å²) in [5.41, 5.74) is 9.76. The van der Waals surface area contributed by atoms with Crippen molar-refractivity contribution in [2.24, 2.45) is 5.73 Å². The number of nitrogens with two attached hydrogens (primary N) is 1. The Labute approximate surface area is 173 Å². The van der Waals surface area contributed by atoms with Crippen LogP contribution in [0.1, 0.15) is 27.0 Å². The molecular weight excluding hydrogens is 398 g/mol. The van der Waals surface area contributed by atoms with Crippen LogP contribution in [0.15, 0.2) is 30.3 Å². The fourth-order valence-electron chi connectivity index (χ4n) is 2.97. The van der Waals surface area contributed by atoms with Gasteiger partial charge in [-0.3, -0.25) is 14.4 Å². The molecule has 2 aromatic rings. The fourth-order valence-corrected chi connectivity index (χ4v) is 3.81. The average Bonchev–Trinajstić information content (AvgIpc) is 2.60. The molecule has 0 bridgehead atoms. The van der Waals surface area contributed by atoms with Crippen LogP contribution in [0.2, 0.25) is 5.02 Å². The van der Waals surface area contributed by atoms with Crippen molar-refractivity contribution in [1.82, 2.24) is 0 Å². The molecule has 0 aliphatic heterocycles. The smallest absolute Gasteiger partial charge is 0.286 e. The number of amides is 3. The molecule has 28 heavy (non-hydrogen) atoms. The normalized spacial score (nSPS) is 10.5. The first kappa shape index (κ1) is 21.8. The molecule has 0 radical (unpaired) electrons. The molecule has 0 heterocycles. The van der Waals surface area contributed by atoms with Gasteiger partial charge in [0.05, 0.1) is 16.5 Å². The van der Waals surface area contributed by atoms with Gasteiger partial charge >= 0.3 is 0 Å². The lowest BCUT2D eigenvalue weighted by Gasteiger charge is -2.22. The Morgan fingerprint density at radius 3 is 2.25 bits per heavy atom. The maximum absolute atomic E-state index is 12.5. The minimum Gasteiger partial charge on any atom is -0.366 e. The van der Waals surface area contributed by atoms with Gasteiger partial charge in [0.25, 0.3) is 5.24 Å². The zero-order valence-corrected chi connectivity index (χ0v) is 17.7. The molecule has 2 aromatic carbocycles. The zero-order valence-electron chi connectivity index (χ0n) is 16.1. The van der Waals surface area contributed by atoms with Gasteiger partial charge in [-0.15, -0.1) is 0 Å². The number of nitrogens with one attached hydrogen (secondary N) is 1. The van der Waals surface area contributed by atoms with Crippen LogP contribution in [0.4, 0.5) is 16.2 Å². The summed E-state index contributed by atoms with van der Waals surface area (Å²) in [7, 11) is 1.69. The predicted molar refractivity (Wildman–Crippen MR) is 116 cm³/mol. The number of rotatable bonds is 5. The van der Waals surface area contributed by atoms with Crippen molar-refractivity contribution in [2.45, 2.75) is 20.8 Å². The summed E-state index contributed by atoms with van der Waals surface area (Å²) in [6.45, 7) is 5.91. The number of hydrogen-bond acceptors (Lipinski definition) is 4. The van der Waals surface area contributed by atoms with E-state index in [4.69, 9.17) is 17.3 Å². The second-order valence-electron chi connectivity index (χ2n) is 6.47. The van der Waals surface area contributed by atoms with E-state index in [0.29, 0.717) is 5.69 Å². The summed E-state index contributed by atoms with van der Waals surface area (Å²) < 4.78 is 0. The molecule has 0 aromatic heterocycles. The molecule has 148 valence electrons. The van der Waals surface area contributed by atoms with E-state index in [0.717, 1.165) is 34.1 Å². The van der Waals surface area contributed by atoms with Crippen LogP contribution >= 0.6 is 23.4 Å². The van der Waals surface area contributed by atoms with Gasteiger partial charge in [-0.1, -0.05) is 41.1 Å². The number of carbonyl (C=O) groups is 3. The zero-order chi connectivity index (χ0) is 21.0. The average molecular weight is 420 g/mol. The Morgan fingerprint density at radius 2 is 1.71 bits per heavy atom. The van der Waals surface area contributed by atoms with Gasteiger partial charge in [-0.25, -0.2) is 0 Å². The lowest BCUT2D eigenvalue weighted by molar-refractivity contribution is -0.113. The Bertz CT molecular complexity index is 923. The molecule has 0 fully saturated rings. The summed E-state index contributed by atoms with van der Waals surface area (Å²) >= 11 is 6.95. The molecular formula is C20H22ClN3O3S. The number of primary amides is 1. The van der Waals surface area contributed by atoms with Crippen LogP contribution in [-0.2, 0) is 4.79 Å². The highest BCUT2D eigenvalue weighted by Crippen LogP contribution is 2.28. The van der Waals surface area contributed by atoms with Gasteiger partial charge in [0.15, 0.2) is 0 Å². The van der Waals surface area contributed by atoms with Crippen LogP contribution in [0, 0.1) is 20.8 Å². The number of halogens is 1. The Kier molecular flexibility index (Phi) is 7.10. The summed E-state index contributed by atoms with van der Waals surface area (Å²) in [4.78, 5) is 37.4. The summed E-state index contributed by atoms with van der Waals surface area (Å²) in [6.07, 6.45) is 0. The molecule has 0 unspecified atom stereocenters. The van der Waals surface area contributed by atoms with E-state index in [9.17, 15) is 14.4 Å². The van der Waals surface area contributed by atoms with E-state index >= 15 is 0 Å². The maximum Gasteiger partial charge on any atom is 0.286 e. The molecule has 0 saturated heterocycles. The Balaban J connectivity index is 1.99. The molecule has 0 spiro atoms. The predicted octanol–water partition coefficient (Wildman–Crippen LogP) is 4.29. The van der Waals surface area contributed by atoms with E-state index in [1.807, 2.05) is 32.9 Å². The third kappa shape index (κ3) is 5.27. The van der Waals surface area contributed by atoms with Gasteiger partial charge < -0.3 is 16.0 Å². The standard InChI is InChI=1S/C20H22ClN3O3S/c1-11-7-12(2)18(13(3)8-11)24(4)20(27)28-10-17(25)23-16-6-5-14(19(22)26)9-15(16)21/h5-9H,10H2,1-4H3,(H2,22,26)(H,23,25). The number of carbonyl (C=O) groups excluding carboxylic acids is 3. The van der Waals surface area contributed by atoms with Gasteiger partial charge in [0.1, 0.15) is 0 Å². The van der Waals surface area contributed by atoms with E-state index in [2.05, 4.69) is 5.32 Å². The molecule has 6 nitrogen and oxygen atoms in total. The Morgan fingerprint density at radius 1 is 1.11 bits per heavy atom. The first-order valence-corrected chi connectivity index (χ1v) is 9.84. The Hall–Kier alpha value is -2.51. The number of anilines is 2.